The van der Waals surface area contributed by atoms with Gasteiger partial charge in [0.15, 0.2) is 0 Å². The molecule has 2 N–H and O–H groups in total. The maximum absolute atomic E-state index is 9.70. The molecular weight excluding hydrogens is 316 g/mol. The van der Waals surface area contributed by atoms with Gasteiger partial charge < -0.3 is 15.3 Å². The van der Waals surface area contributed by atoms with E-state index in [1.54, 1.807) is 6.20 Å². The van der Waals surface area contributed by atoms with E-state index in [-0.39, 0.29) is 11.5 Å². The van der Waals surface area contributed by atoms with Crippen molar-refractivity contribution in [3.05, 3.63) is 29.7 Å². The summed E-state index contributed by atoms with van der Waals surface area (Å²) in [6.45, 7) is 7.45. The highest BCUT2D eigenvalue weighted by molar-refractivity contribution is 5.43. The van der Waals surface area contributed by atoms with Gasteiger partial charge in [0, 0.05) is 43.5 Å². The van der Waals surface area contributed by atoms with E-state index in [2.05, 4.69) is 43.0 Å². The average Bonchev–Trinajstić information content (AvgIpc) is 3.09. The van der Waals surface area contributed by atoms with Crippen LogP contribution in [0.25, 0.3) is 0 Å². The smallest absolute Gasteiger partial charge is 0.224 e. The SMILES string of the molecule is Cc1cc(C)n(CC2(CNc3nccc(N4CCC(O)C4)n3)CC2)n1. The molecule has 134 valence electrons. The quantitative estimate of drug-likeness (QED) is 0.833. The number of hydrogen-bond donors (Lipinski definition) is 2. The maximum Gasteiger partial charge on any atom is 0.224 e. The molecule has 7 nitrogen and oxygen atoms in total. The Balaban J connectivity index is 1.39. The van der Waals surface area contributed by atoms with E-state index in [0.29, 0.717) is 12.5 Å². The summed E-state index contributed by atoms with van der Waals surface area (Å²) in [5, 5.41) is 17.7. The summed E-state index contributed by atoms with van der Waals surface area (Å²) >= 11 is 0. The Labute approximate surface area is 148 Å². The monoisotopic (exact) mass is 342 g/mol. The largest absolute Gasteiger partial charge is 0.391 e. The second kappa shape index (κ2) is 6.29. The van der Waals surface area contributed by atoms with Crippen molar-refractivity contribution in [3.63, 3.8) is 0 Å². The highest BCUT2D eigenvalue weighted by atomic mass is 16.3. The molecule has 3 heterocycles. The summed E-state index contributed by atoms with van der Waals surface area (Å²) < 4.78 is 2.12. The van der Waals surface area contributed by atoms with Gasteiger partial charge >= 0.3 is 0 Å². The minimum atomic E-state index is -0.248. The highest BCUT2D eigenvalue weighted by Gasteiger charge is 2.43. The molecule has 1 saturated carbocycles. The van der Waals surface area contributed by atoms with Crippen molar-refractivity contribution in [2.45, 2.75) is 45.8 Å². The number of aliphatic hydroxyl groups is 1. The molecule has 1 unspecified atom stereocenters. The van der Waals surface area contributed by atoms with Crippen molar-refractivity contribution in [2.75, 3.05) is 29.9 Å². The third-order valence-corrected chi connectivity index (χ3v) is 5.30. The normalized spacial score (nSPS) is 21.6. The van der Waals surface area contributed by atoms with Crippen LogP contribution in [0.1, 0.15) is 30.7 Å². The van der Waals surface area contributed by atoms with Crippen LogP contribution < -0.4 is 10.2 Å². The fourth-order valence-corrected chi connectivity index (χ4v) is 3.55. The van der Waals surface area contributed by atoms with Crippen LogP contribution in [0.2, 0.25) is 0 Å². The van der Waals surface area contributed by atoms with Gasteiger partial charge in [0.1, 0.15) is 5.82 Å². The fraction of sp³-hybridized carbons (Fsp3) is 0.611. The topological polar surface area (TPSA) is 79.1 Å². The van der Waals surface area contributed by atoms with Crippen LogP contribution in [0.3, 0.4) is 0 Å². The maximum atomic E-state index is 9.70. The standard InChI is InChI=1S/C18H26N6O/c1-13-9-14(2)24(22-13)12-18(5-6-18)11-20-17-19-7-3-16(21-17)23-8-4-15(25)10-23/h3,7,9,15,25H,4-6,8,10-12H2,1-2H3,(H,19,20,21). The van der Waals surface area contributed by atoms with E-state index >= 15 is 0 Å². The molecule has 25 heavy (non-hydrogen) atoms. The Hall–Kier alpha value is -2.15. The lowest BCUT2D eigenvalue weighted by Crippen LogP contribution is -2.25. The molecular formula is C18H26N6O. The van der Waals surface area contributed by atoms with E-state index in [4.69, 9.17) is 0 Å². The van der Waals surface area contributed by atoms with Crippen LogP contribution in [-0.4, -0.2) is 50.6 Å². The third kappa shape index (κ3) is 3.61. The van der Waals surface area contributed by atoms with Gasteiger partial charge in [-0.3, -0.25) is 4.68 Å². The van der Waals surface area contributed by atoms with E-state index in [1.165, 1.54) is 18.5 Å². The molecule has 0 amide bonds. The molecule has 2 aromatic heterocycles. The number of aliphatic hydroxyl groups excluding tert-OH is 1. The second-order valence-corrected chi connectivity index (χ2v) is 7.57. The molecule has 0 bridgehead atoms. The molecule has 4 rings (SSSR count). The lowest BCUT2D eigenvalue weighted by molar-refractivity contribution is 0.198. The van der Waals surface area contributed by atoms with Gasteiger partial charge in [-0.15, -0.1) is 0 Å². The van der Waals surface area contributed by atoms with Crippen molar-refractivity contribution in [1.82, 2.24) is 19.7 Å². The number of nitrogens with zero attached hydrogens (tertiary/aromatic N) is 5. The number of anilines is 2. The molecule has 0 aromatic carbocycles. The van der Waals surface area contributed by atoms with Gasteiger partial charge in [-0.2, -0.15) is 10.1 Å². The zero-order valence-corrected chi connectivity index (χ0v) is 14.9. The van der Waals surface area contributed by atoms with Crippen molar-refractivity contribution in [1.29, 1.82) is 0 Å². The molecule has 2 aromatic rings. The van der Waals surface area contributed by atoms with Crippen molar-refractivity contribution in [3.8, 4) is 0 Å². The number of nitrogens with one attached hydrogen (secondary N) is 1. The Morgan fingerprint density at radius 3 is 2.84 bits per heavy atom. The summed E-state index contributed by atoms with van der Waals surface area (Å²) in [7, 11) is 0. The van der Waals surface area contributed by atoms with Crippen molar-refractivity contribution < 1.29 is 5.11 Å². The van der Waals surface area contributed by atoms with E-state index in [1.807, 2.05) is 13.0 Å². The fourth-order valence-electron chi connectivity index (χ4n) is 3.55. The molecule has 1 saturated heterocycles. The molecule has 7 heteroatoms. The zero-order chi connectivity index (χ0) is 17.4. The van der Waals surface area contributed by atoms with Gasteiger partial charge in [-0.25, -0.2) is 4.98 Å². The summed E-state index contributed by atoms with van der Waals surface area (Å²) in [6.07, 6.45) is 4.75. The number of rotatable bonds is 6. The first-order valence-corrected chi connectivity index (χ1v) is 9.04. The summed E-state index contributed by atoms with van der Waals surface area (Å²) in [4.78, 5) is 11.1. The highest BCUT2D eigenvalue weighted by Crippen LogP contribution is 2.47. The number of β-amino-alcohol motifs (C(OH)–C–C–N with tert-alkyl or cyclic N) is 1. The summed E-state index contributed by atoms with van der Waals surface area (Å²) in [5.74, 6) is 1.55. The Bertz CT molecular complexity index is 754. The number of aromatic nitrogens is 4. The van der Waals surface area contributed by atoms with E-state index in [9.17, 15) is 5.11 Å². The van der Waals surface area contributed by atoms with Crippen LogP contribution in [0, 0.1) is 19.3 Å². The lowest BCUT2D eigenvalue weighted by Gasteiger charge is -2.19. The van der Waals surface area contributed by atoms with Gasteiger partial charge in [-0.05, 0) is 45.2 Å². The predicted octanol–water partition coefficient (Wildman–Crippen LogP) is 1.75. The van der Waals surface area contributed by atoms with Gasteiger partial charge in [0.25, 0.3) is 0 Å². The molecule has 0 spiro atoms. The molecule has 1 aliphatic carbocycles. The minimum absolute atomic E-state index is 0.248. The van der Waals surface area contributed by atoms with E-state index < -0.39 is 0 Å². The van der Waals surface area contributed by atoms with Crippen LogP contribution in [0.5, 0.6) is 0 Å². The summed E-state index contributed by atoms with van der Waals surface area (Å²) in [5.41, 5.74) is 2.55. The van der Waals surface area contributed by atoms with Crippen LogP contribution in [0.15, 0.2) is 18.3 Å². The van der Waals surface area contributed by atoms with Crippen LogP contribution >= 0.6 is 0 Å². The molecule has 1 atom stereocenters. The van der Waals surface area contributed by atoms with Gasteiger partial charge in [-0.1, -0.05) is 0 Å². The molecule has 1 aliphatic heterocycles. The Kier molecular flexibility index (Phi) is 4.11. The van der Waals surface area contributed by atoms with Gasteiger partial charge in [0.05, 0.1) is 11.8 Å². The minimum Gasteiger partial charge on any atom is -0.391 e. The van der Waals surface area contributed by atoms with Crippen LogP contribution in [-0.2, 0) is 6.54 Å². The first-order chi connectivity index (χ1) is 12.0. The first-order valence-electron chi connectivity index (χ1n) is 9.04. The lowest BCUT2D eigenvalue weighted by atomic mass is 10.1. The predicted molar refractivity (Wildman–Crippen MR) is 96.7 cm³/mol. The molecule has 0 radical (unpaired) electrons. The van der Waals surface area contributed by atoms with Gasteiger partial charge in [0.2, 0.25) is 5.95 Å². The van der Waals surface area contributed by atoms with Crippen molar-refractivity contribution >= 4 is 11.8 Å². The zero-order valence-electron chi connectivity index (χ0n) is 14.9. The Morgan fingerprint density at radius 2 is 2.20 bits per heavy atom. The van der Waals surface area contributed by atoms with Crippen molar-refractivity contribution in [2.24, 2.45) is 5.41 Å². The summed E-state index contributed by atoms with van der Waals surface area (Å²) in [6, 6.07) is 4.03. The second-order valence-electron chi connectivity index (χ2n) is 7.57. The number of hydrogen-bond acceptors (Lipinski definition) is 6. The number of aryl methyl sites for hydroxylation is 2. The Morgan fingerprint density at radius 1 is 1.36 bits per heavy atom. The molecule has 2 fully saturated rings. The third-order valence-electron chi connectivity index (χ3n) is 5.30. The van der Waals surface area contributed by atoms with Crippen LogP contribution in [0.4, 0.5) is 11.8 Å². The van der Waals surface area contributed by atoms with E-state index in [0.717, 1.165) is 37.6 Å². The molecule has 2 aliphatic rings. The first kappa shape index (κ1) is 16.3. The average molecular weight is 342 g/mol.